The second kappa shape index (κ2) is 4.97. The molecule has 0 spiro atoms. The first-order chi connectivity index (χ1) is 10.1. The molecule has 0 radical (unpaired) electrons. The maximum Gasteiger partial charge on any atom is 0.337 e. The Labute approximate surface area is 120 Å². The number of pyridine rings is 1. The van der Waals surface area contributed by atoms with Crippen molar-refractivity contribution in [2.45, 2.75) is 0 Å². The monoisotopic (exact) mass is 285 g/mol. The van der Waals surface area contributed by atoms with Gasteiger partial charge in [0, 0.05) is 18.8 Å². The Morgan fingerprint density at radius 3 is 2.81 bits per heavy atom. The van der Waals surface area contributed by atoms with E-state index in [9.17, 15) is 9.18 Å². The predicted octanol–water partition coefficient (Wildman–Crippen LogP) is 2.56. The number of aromatic nitrogens is 3. The molecule has 2 heterocycles. The van der Waals surface area contributed by atoms with Gasteiger partial charge in [-0.2, -0.15) is 0 Å². The lowest BCUT2D eigenvalue weighted by molar-refractivity contribution is 0.0601. The summed E-state index contributed by atoms with van der Waals surface area (Å²) in [4.78, 5) is 19.8. The molecule has 0 aliphatic carbocycles. The smallest absolute Gasteiger partial charge is 0.337 e. The normalized spacial score (nSPS) is 10.8. The van der Waals surface area contributed by atoms with Gasteiger partial charge in [-0.1, -0.05) is 0 Å². The molecular formula is C15H12FN3O2. The highest BCUT2D eigenvalue weighted by Crippen LogP contribution is 2.24. The number of esters is 1. The third kappa shape index (κ3) is 2.24. The minimum Gasteiger partial charge on any atom is -0.465 e. The Bertz CT molecular complexity index is 842. The van der Waals surface area contributed by atoms with Gasteiger partial charge >= 0.3 is 5.97 Å². The summed E-state index contributed by atoms with van der Waals surface area (Å²) in [7, 11) is 3.15. The topological polar surface area (TPSA) is 57.0 Å². The molecule has 2 aromatic heterocycles. The lowest BCUT2D eigenvalue weighted by Gasteiger charge is -2.02. The second-order valence-corrected chi connectivity index (χ2v) is 4.58. The molecule has 3 rings (SSSR count). The highest BCUT2D eigenvalue weighted by atomic mass is 19.1. The Balaban J connectivity index is 2.17. The molecule has 106 valence electrons. The van der Waals surface area contributed by atoms with Gasteiger partial charge in [0.25, 0.3) is 0 Å². The van der Waals surface area contributed by atoms with E-state index in [1.807, 2.05) is 11.6 Å². The van der Waals surface area contributed by atoms with Gasteiger partial charge in [0.1, 0.15) is 11.6 Å². The molecule has 0 N–H and O–H groups in total. The van der Waals surface area contributed by atoms with E-state index >= 15 is 0 Å². The fourth-order valence-corrected chi connectivity index (χ4v) is 2.24. The van der Waals surface area contributed by atoms with Crippen LogP contribution in [0.15, 0.2) is 36.7 Å². The fourth-order valence-electron chi connectivity index (χ4n) is 2.24. The molecule has 0 unspecified atom stereocenters. The molecule has 3 aromatic rings. The van der Waals surface area contributed by atoms with Crippen molar-refractivity contribution >= 4 is 17.0 Å². The van der Waals surface area contributed by atoms with Gasteiger partial charge in [-0.3, -0.25) is 4.98 Å². The highest BCUT2D eigenvalue weighted by Gasteiger charge is 2.13. The average Bonchev–Trinajstić information content (AvgIpc) is 2.83. The van der Waals surface area contributed by atoms with E-state index in [0.717, 1.165) is 11.7 Å². The van der Waals surface area contributed by atoms with Crippen LogP contribution in [0.2, 0.25) is 0 Å². The molecular weight excluding hydrogens is 273 g/mol. The van der Waals surface area contributed by atoms with Crippen LogP contribution in [0.1, 0.15) is 10.4 Å². The van der Waals surface area contributed by atoms with Crippen molar-refractivity contribution < 1.29 is 13.9 Å². The summed E-state index contributed by atoms with van der Waals surface area (Å²) in [5.74, 6) is -0.259. The molecule has 0 saturated heterocycles. The average molecular weight is 285 g/mol. The van der Waals surface area contributed by atoms with Crippen molar-refractivity contribution in [3.05, 3.63) is 48.0 Å². The predicted molar refractivity (Wildman–Crippen MR) is 75.2 cm³/mol. The van der Waals surface area contributed by atoms with Crippen molar-refractivity contribution in [1.82, 2.24) is 14.5 Å². The first kappa shape index (κ1) is 13.2. The van der Waals surface area contributed by atoms with Crippen LogP contribution >= 0.6 is 0 Å². The number of halogens is 1. The Morgan fingerprint density at radius 1 is 1.29 bits per heavy atom. The first-order valence-corrected chi connectivity index (χ1v) is 6.26. The minimum absolute atomic E-state index is 0.420. The number of carbonyl (C=O) groups is 1. The summed E-state index contributed by atoms with van der Waals surface area (Å²) in [5, 5.41) is 0. The van der Waals surface area contributed by atoms with E-state index in [1.165, 1.54) is 13.2 Å². The Hall–Kier alpha value is -2.76. The molecule has 0 aliphatic heterocycles. The maximum atomic E-state index is 13.3. The van der Waals surface area contributed by atoms with Crippen molar-refractivity contribution in [3.63, 3.8) is 0 Å². The van der Waals surface area contributed by atoms with E-state index < -0.39 is 11.8 Å². The van der Waals surface area contributed by atoms with Crippen molar-refractivity contribution in [3.8, 4) is 11.4 Å². The molecule has 6 heteroatoms. The zero-order chi connectivity index (χ0) is 15.0. The summed E-state index contributed by atoms with van der Waals surface area (Å²) >= 11 is 0. The largest absolute Gasteiger partial charge is 0.465 e. The van der Waals surface area contributed by atoms with E-state index in [4.69, 9.17) is 0 Å². The van der Waals surface area contributed by atoms with Crippen LogP contribution in [0, 0.1) is 5.82 Å². The summed E-state index contributed by atoms with van der Waals surface area (Å²) in [6.45, 7) is 0. The maximum absolute atomic E-state index is 13.3. The molecule has 5 nitrogen and oxygen atoms in total. The molecule has 0 amide bonds. The summed E-state index contributed by atoms with van der Waals surface area (Å²) < 4.78 is 19.8. The van der Waals surface area contributed by atoms with Crippen molar-refractivity contribution in [2.24, 2.45) is 7.05 Å². The Kier molecular flexibility index (Phi) is 3.13. The fraction of sp³-hybridized carbons (Fsp3) is 0.133. The zero-order valence-electron chi connectivity index (χ0n) is 11.5. The number of fused-ring (bicyclic) bond motifs is 1. The Morgan fingerprint density at radius 2 is 2.10 bits per heavy atom. The molecule has 21 heavy (non-hydrogen) atoms. The molecule has 0 bridgehead atoms. The van der Waals surface area contributed by atoms with E-state index in [1.54, 1.807) is 24.4 Å². The lowest BCUT2D eigenvalue weighted by atomic mass is 10.2. The molecule has 1 aromatic carbocycles. The van der Waals surface area contributed by atoms with Crippen LogP contribution in [0.4, 0.5) is 4.39 Å². The molecule has 0 fully saturated rings. The summed E-state index contributed by atoms with van der Waals surface area (Å²) in [6, 6.07) is 6.47. The first-order valence-electron chi connectivity index (χ1n) is 6.26. The zero-order valence-corrected chi connectivity index (χ0v) is 11.5. The number of methoxy groups -OCH3 is 1. The van der Waals surface area contributed by atoms with Gasteiger partial charge in [-0.05, 0) is 24.3 Å². The minimum atomic E-state index is -0.421. The number of hydrogen-bond acceptors (Lipinski definition) is 4. The second-order valence-electron chi connectivity index (χ2n) is 4.58. The lowest BCUT2D eigenvalue weighted by Crippen LogP contribution is -2.00. The van der Waals surface area contributed by atoms with Crippen LogP contribution in [0.3, 0.4) is 0 Å². The van der Waals surface area contributed by atoms with Gasteiger partial charge in [0.05, 0.1) is 29.9 Å². The summed E-state index contributed by atoms with van der Waals surface area (Å²) in [5.41, 5.74) is 2.47. The standard InChI is InChI=1S/C15H12FN3O2/c1-19-13-4-3-9(15(20)21-2)6-12(13)18-14(19)10-5-11(16)8-17-7-10/h3-8H,1-2H3. The summed E-state index contributed by atoms with van der Waals surface area (Å²) in [6.07, 6.45) is 2.69. The number of aryl methyl sites for hydroxylation is 1. The number of imidazole rings is 1. The number of rotatable bonds is 2. The SMILES string of the molecule is COC(=O)c1ccc2c(c1)nc(-c1cncc(F)c1)n2C. The van der Waals surface area contributed by atoms with Gasteiger partial charge in [0.2, 0.25) is 0 Å². The van der Waals surface area contributed by atoms with Crippen LogP contribution in [0.25, 0.3) is 22.4 Å². The molecule has 0 aliphatic rings. The number of ether oxygens (including phenoxy) is 1. The van der Waals surface area contributed by atoms with Crippen LogP contribution in [-0.2, 0) is 11.8 Å². The third-order valence-corrected chi connectivity index (χ3v) is 3.27. The number of nitrogens with zero attached hydrogens (tertiary/aromatic N) is 3. The number of hydrogen-bond donors (Lipinski definition) is 0. The van der Waals surface area contributed by atoms with Crippen LogP contribution in [0.5, 0.6) is 0 Å². The number of carbonyl (C=O) groups excluding carboxylic acids is 1. The van der Waals surface area contributed by atoms with Crippen LogP contribution < -0.4 is 0 Å². The quantitative estimate of drug-likeness (QED) is 0.679. The molecule has 0 saturated carbocycles. The van der Waals surface area contributed by atoms with Gasteiger partial charge in [-0.25, -0.2) is 14.2 Å². The van der Waals surface area contributed by atoms with Gasteiger partial charge < -0.3 is 9.30 Å². The molecule has 0 atom stereocenters. The highest BCUT2D eigenvalue weighted by molar-refractivity contribution is 5.94. The number of benzene rings is 1. The van der Waals surface area contributed by atoms with E-state index in [2.05, 4.69) is 14.7 Å². The van der Waals surface area contributed by atoms with E-state index in [-0.39, 0.29) is 0 Å². The van der Waals surface area contributed by atoms with Crippen molar-refractivity contribution in [2.75, 3.05) is 7.11 Å². The van der Waals surface area contributed by atoms with Gasteiger partial charge in [0.15, 0.2) is 0 Å². The van der Waals surface area contributed by atoms with Crippen LogP contribution in [-0.4, -0.2) is 27.6 Å². The van der Waals surface area contributed by atoms with Crippen molar-refractivity contribution in [1.29, 1.82) is 0 Å². The third-order valence-electron chi connectivity index (χ3n) is 3.27. The van der Waals surface area contributed by atoms with Gasteiger partial charge in [-0.15, -0.1) is 0 Å². The van der Waals surface area contributed by atoms with E-state index in [0.29, 0.717) is 22.5 Å².